The van der Waals surface area contributed by atoms with Crippen molar-refractivity contribution in [2.24, 2.45) is 11.3 Å². The average Bonchev–Trinajstić information content (AvgIpc) is 2.51. The van der Waals surface area contributed by atoms with Crippen molar-refractivity contribution in [3.05, 3.63) is 0 Å². The van der Waals surface area contributed by atoms with E-state index >= 15 is 0 Å². The van der Waals surface area contributed by atoms with Gasteiger partial charge < -0.3 is 4.74 Å². The van der Waals surface area contributed by atoms with E-state index in [1.807, 2.05) is 0 Å². The Morgan fingerprint density at radius 3 is 1.76 bits per heavy atom. The molecule has 0 aliphatic heterocycles. The van der Waals surface area contributed by atoms with Gasteiger partial charge in [0.05, 0.1) is 5.60 Å². The molecule has 0 heterocycles. The van der Waals surface area contributed by atoms with Crippen molar-refractivity contribution in [1.29, 1.82) is 0 Å². The molecule has 148 valence electrons. The lowest BCUT2D eigenvalue weighted by Gasteiger charge is -2.44. The molecule has 1 unspecified atom stereocenters. The molecule has 0 amide bonds. The Hall–Kier alpha value is -0.480. The van der Waals surface area contributed by atoms with Gasteiger partial charge in [0, 0.05) is 0 Å². The van der Waals surface area contributed by atoms with Gasteiger partial charge in [-0.1, -0.05) is 91.9 Å². The second-order valence-electron chi connectivity index (χ2n) is 9.35. The predicted octanol–water partition coefficient (Wildman–Crippen LogP) is 7.78. The van der Waals surface area contributed by atoms with E-state index in [1.165, 1.54) is 64.2 Å². The molecule has 0 aromatic rings. The van der Waals surface area contributed by atoms with E-state index in [0.717, 1.165) is 6.42 Å². The minimum absolute atomic E-state index is 0.0454. The highest BCUT2D eigenvalue weighted by atomic mass is 16.5. The van der Waals surface area contributed by atoms with Gasteiger partial charge in [0.15, 0.2) is 0 Å². The lowest BCUT2D eigenvalue weighted by atomic mass is 9.69. The lowest BCUT2D eigenvalue weighted by Crippen LogP contribution is -2.44. The number of ether oxygens (including phenoxy) is 1. The molecule has 0 N–H and O–H groups in total. The molecule has 2 atom stereocenters. The van der Waals surface area contributed by atoms with E-state index in [2.05, 4.69) is 54.4 Å². The smallest absolute Gasteiger partial charge is 0.118 e. The zero-order valence-corrected chi connectivity index (χ0v) is 18.4. The summed E-state index contributed by atoms with van der Waals surface area (Å²) in [5.41, 5.74) is 0.0560. The maximum Gasteiger partial charge on any atom is 0.118 e. The van der Waals surface area contributed by atoms with Gasteiger partial charge >= 0.3 is 0 Å². The molecule has 0 fully saturated rings. The van der Waals surface area contributed by atoms with Gasteiger partial charge in [0.25, 0.3) is 0 Å². The molecule has 1 heteroatoms. The number of rotatable bonds is 14. The Bertz CT molecular complexity index is 355. The van der Waals surface area contributed by atoms with Crippen LogP contribution < -0.4 is 0 Å². The Morgan fingerprint density at radius 2 is 1.24 bits per heavy atom. The van der Waals surface area contributed by atoms with Gasteiger partial charge in [-0.25, -0.2) is 0 Å². The number of terminal acetylenes is 1. The SMILES string of the molecule is C#CC(CCCCC)OC(C)(C)[C@@H](CCCCCCCC)C(C)(C)C. The van der Waals surface area contributed by atoms with Crippen LogP contribution in [0, 0.1) is 23.7 Å². The monoisotopic (exact) mass is 350 g/mol. The summed E-state index contributed by atoms with van der Waals surface area (Å²) in [6.07, 6.45) is 19.7. The Kier molecular flexibility index (Phi) is 12.6. The second kappa shape index (κ2) is 12.8. The van der Waals surface area contributed by atoms with Crippen molar-refractivity contribution in [1.82, 2.24) is 0 Å². The molecule has 0 rings (SSSR count). The van der Waals surface area contributed by atoms with Gasteiger partial charge in [-0.05, 0) is 44.4 Å². The van der Waals surface area contributed by atoms with E-state index in [0.29, 0.717) is 5.92 Å². The molecule has 0 spiro atoms. The topological polar surface area (TPSA) is 9.23 Å². The molecule has 0 aromatic carbocycles. The second-order valence-corrected chi connectivity index (χ2v) is 9.35. The van der Waals surface area contributed by atoms with Crippen LogP contribution in [0.25, 0.3) is 0 Å². The van der Waals surface area contributed by atoms with Gasteiger partial charge in [-0.3, -0.25) is 0 Å². The average molecular weight is 351 g/mol. The van der Waals surface area contributed by atoms with Crippen molar-refractivity contribution >= 4 is 0 Å². The van der Waals surface area contributed by atoms with E-state index < -0.39 is 0 Å². The number of unbranched alkanes of at least 4 members (excludes halogenated alkanes) is 7. The minimum atomic E-state index is -0.176. The fourth-order valence-electron chi connectivity index (χ4n) is 4.16. The first kappa shape index (κ1) is 24.5. The molecule has 0 aliphatic rings. The standard InChI is InChI=1S/C24H46O/c1-9-12-14-15-16-18-20-22(23(4,5)6)24(7,8)25-21(11-3)19-17-13-10-2/h3,21-22H,9-10,12-20H2,1-2,4-8H3/t21?,22-/m0/s1. The van der Waals surface area contributed by atoms with Crippen LogP contribution in [0.4, 0.5) is 0 Å². The summed E-state index contributed by atoms with van der Waals surface area (Å²) in [7, 11) is 0. The Labute approximate surface area is 159 Å². The van der Waals surface area contributed by atoms with Gasteiger partial charge in [-0.15, -0.1) is 6.42 Å². The maximum atomic E-state index is 6.48. The van der Waals surface area contributed by atoms with Crippen LogP contribution in [-0.4, -0.2) is 11.7 Å². The summed E-state index contributed by atoms with van der Waals surface area (Å²) >= 11 is 0. The first-order valence-corrected chi connectivity index (χ1v) is 10.8. The first-order chi connectivity index (χ1) is 11.7. The van der Waals surface area contributed by atoms with Crippen molar-refractivity contribution in [3.8, 4) is 12.3 Å². The molecule has 0 bridgehead atoms. The van der Waals surface area contributed by atoms with E-state index in [4.69, 9.17) is 11.2 Å². The normalized spacial score (nSPS) is 15.0. The molecule has 1 nitrogen and oxygen atoms in total. The van der Waals surface area contributed by atoms with Gasteiger partial charge in [0.1, 0.15) is 6.10 Å². The molecule has 0 saturated heterocycles. The molecule has 0 saturated carbocycles. The summed E-state index contributed by atoms with van der Waals surface area (Å²) in [5.74, 6) is 3.41. The minimum Gasteiger partial charge on any atom is -0.359 e. The van der Waals surface area contributed by atoms with Crippen LogP contribution in [0.1, 0.15) is 119 Å². The molecular weight excluding hydrogens is 304 g/mol. The van der Waals surface area contributed by atoms with E-state index in [1.54, 1.807) is 0 Å². The maximum absolute atomic E-state index is 6.48. The van der Waals surface area contributed by atoms with Gasteiger partial charge in [0.2, 0.25) is 0 Å². The largest absolute Gasteiger partial charge is 0.359 e. The summed E-state index contributed by atoms with van der Waals surface area (Å²) in [5, 5.41) is 0. The molecule has 0 aliphatic carbocycles. The van der Waals surface area contributed by atoms with Crippen LogP contribution in [0.15, 0.2) is 0 Å². The predicted molar refractivity (Wildman–Crippen MR) is 113 cm³/mol. The zero-order chi connectivity index (χ0) is 19.3. The lowest BCUT2D eigenvalue weighted by molar-refractivity contribution is -0.117. The summed E-state index contributed by atoms with van der Waals surface area (Å²) in [6, 6.07) is 0. The van der Waals surface area contributed by atoms with Crippen LogP contribution in [0.5, 0.6) is 0 Å². The highest BCUT2D eigenvalue weighted by Gasteiger charge is 2.39. The van der Waals surface area contributed by atoms with E-state index in [-0.39, 0.29) is 17.1 Å². The van der Waals surface area contributed by atoms with Crippen molar-refractivity contribution < 1.29 is 4.74 Å². The van der Waals surface area contributed by atoms with Crippen LogP contribution in [-0.2, 0) is 4.74 Å². The van der Waals surface area contributed by atoms with Gasteiger partial charge in [-0.2, -0.15) is 0 Å². The number of hydrogen-bond acceptors (Lipinski definition) is 1. The molecule has 0 radical (unpaired) electrons. The van der Waals surface area contributed by atoms with Crippen molar-refractivity contribution in [3.63, 3.8) is 0 Å². The fraction of sp³-hybridized carbons (Fsp3) is 0.917. The Morgan fingerprint density at radius 1 is 0.760 bits per heavy atom. The summed E-state index contributed by atoms with van der Waals surface area (Å²) in [6.45, 7) is 16.1. The molecule has 25 heavy (non-hydrogen) atoms. The molecular formula is C24H46O. The Balaban J connectivity index is 4.67. The first-order valence-electron chi connectivity index (χ1n) is 10.8. The third-order valence-corrected chi connectivity index (χ3v) is 5.43. The summed E-state index contributed by atoms with van der Waals surface area (Å²) < 4.78 is 6.48. The third kappa shape index (κ3) is 11.0. The number of hydrogen-bond donors (Lipinski definition) is 0. The highest BCUT2D eigenvalue weighted by molar-refractivity contribution is 4.98. The van der Waals surface area contributed by atoms with Crippen LogP contribution in [0.3, 0.4) is 0 Å². The van der Waals surface area contributed by atoms with Crippen LogP contribution >= 0.6 is 0 Å². The fourth-order valence-corrected chi connectivity index (χ4v) is 4.16. The summed E-state index contributed by atoms with van der Waals surface area (Å²) in [4.78, 5) is 0. The van der Waals surface area contributed by atoms with Crippen LogP contribution in [0.2, 0.25) is 0 Å². The zero-order valence-electron chi connectivity index (χ0n) is 18.4. The van der Waals surface area contributed by atoms with Crippen molar-refractivity contribution in [2.75, 3.05) is 0 Å². The quantitative estimate of drug-likeness (QED) is 0.229. The highest BCUT2D eigenvalue weighted by Crippen LogP contribution is 2.41. The van der Waals surface area contributed by atoms with E-state index in [9.17, 15) is 0 Å². The van der Waals surface area contributed by atoms with Crippen molar-refractivity contribution in [2.45, 2.75) is 131 Å². The third-order valence-electron chi connectivity index (χ3n) is 5.43. The molecule has 0 aromatic heterocycles.